The molecule has 3 heterocycles. The Bertz CT molecular complexity index is 1010. The maximum Gasteiger partial charge on any atom is 0.233 e. The maximum atomic E-state index is 13.4. The summed E-state index contributed by atoms with van der Waals surface area (Å²) >= 11 is 5.95. The molecule has 5 nitrogen and oxygen atoms in total. The molecule has 0 radical (unpaired) electrons. The Morgan fingerprint density at radius 2 is 1.67 bits per heavy atom. The first kappa shape index (κ1) is 16.3. The molecule has 2 aromatic rings. The van der Waals surface area contributed by atoms with Crippen LogP contribution < -0.4 is 10.2 Å². The van der Waals surface area contributed by atoms with Crippen LogP contribution in [0.4, 0.5) is 5.69 Å². The third-order valence-electron chi connectivity index (χ3n) is 5.65. The number of amides is 2. The molecule has 3 aliphatic heterocycles. The summed E-state index contributed by atoms with van der Waals surface area (Å²) in [7, 11) is 0. The smallest absolute Gasteiger partial charge is 0.233 e. The topological polar surface area (TPSA) is 66.5 Å². The minimum atomic E-state index is -0.737. The SMILES string of the molecule is O=C1NC(=O)[C@@H]2[C@@H]1[C@@H](C(=O)c1ccc(Cl)cc1)N1c3ccccc3C=C[C@@H]21. The maximum absolute atomic E-state index is 13.4. The van der Waals surface area contributed by atoms with Gasteiger partial charge in [0.15, 0.2) is 5.78 Å². The van der Waals surface area contributed by atoms with Gasteiger partial charge in [-0.25, -0.2) is 0 Å². The molecule has 4 atom stereocenters. The van der Waals surface area contributed by atoms with Crippen molar-refractivity contribution in [2.75, 3.05) is 4.90 Å². The number of hydrogen-bond donors (Lipinski definition) is 1. The van der Waals surface area contributed by atoms with Crippen LogP contribution in [0.2, 0.25) is 5.02 Å². The number of Topliss-reactive ketones (excluding diaryl/α,β-unsaturated/α-hetero) is 1. The highest BCUT2D eigenvalue weighted by atomic mass is 35.5. The molecule has 2 amide bonds. The van der Waals surface area contributed by atoms with Gasteiger partial charge in [-0.1, -0.05) is 42.0 Å². The van der Waals surface area contributed by atoms with Crippen molar-refractivity contribution in [3.63, 3.8) is 0 Å². The van der Waals surface area contributed by atoms with E-state index in [-0.39, 0.29) is 23.6 Å². The van der Waals surface area contributed by atoms with Crippen molar-refractivity contribution in [2.24, 2.45) is 11.8 Å². The first-order valence-corrected chi connectivity index (χ1v) is 9.14. The lowest BCUT2D eigenvalue weighted by Gasteiger charge is -2.35. The van der Waals surface area contributed by atoms with Crippen LogP contribution in [0.3, 0.4) is 0 Å². The highest BCUT2D eigenvalue weighted by Gasteiger charge is 2.61. The number of imide groups is 1. The van der Waals surface area contributed by atoms with Crippen molar-refractivity contribution >= 4 is 41.0 Å². The lowest BCUT2D eigenvalue weighted by molar-refractivity contribution is -0.126. The predicted molar refractivity (Wildman–Crippen MR) is 101 cm³/mol. The van der Waals surface area contributed by atoms with E-state index in [9.17, 15) is 14.4 Å². The van der Waals surface area contributed by atoms with Crippen LogP contribution in [-0.4, -0.2) is 29.7 Å². The normalized spacial score (nSPS) is 27.8. The van der Waals surface area contributed by atoms with Crippen molar-refractivity contribution in [3.05, 3.63) is 70.8 Å². The van der Waals surface area contributed by atoms with Crippen molar-refractivity contribution in [1.29, 1.82) is 0 Å². The van der Waals surface area contributed by atoms with E-state index >= 15 is 0 Å². The lowest BCUT2D eigenvalue weighted by atomic mass is 9.86. The van der Waals surface area contributed by atoms with Gasteiger partial charge >= 0.3 is 0 Å². The Balaban J connectivity index is 1.66. The number of ketones is 1. The summed E-state index contributed by atoms with van der Waals surface area (Å²) in [5.74, 6) is -2.14. The zero-order chi connectivity index (χ0) is 18.7. The van der Waals surface area contributed by atoms with E-state index in [0.29, 0.717) is 10.6 Å². The molecule has 0 spiro atoms. The predicted octanol–water partition coefficient (Wildman–Crippen LogP) is 2.70. The van der Waals surface area contributed by atoms with Gasteiger partial charge in [-0.05, 0) is 35.9 Å². The molecule has 6 heteroatoms. The number of carbonyl (C=O) groups excluding carboxylic acids is 3. The molecule has 27 heavy (non-hydrogen) atoms. The largest absolute Gasteiger partial charge is 0.352 e. The number of nitrogens with zero attached hydrogens (tertiary/aromatic N) is 1. The lowest BCUT2D eigenvalue weighted by Crippen LogP contribution is -2.47. The molecule has 0 unspecified atom stereocenters. The molecule has 1 N–H and O–H groups in total. The van der Waals surface area contributed by atoms with Gasteiger partial charge in [0.05, 0.1) is 17.9 Å². The second-order valence-electron chi connectivity index (χ2n) is 7.04. The van der Waals surface area contributed by atoms with E-state index in [4.69, 9.17) is 11.6 Å². The number of rotatable bonds is 2. The zero-order valence-corrected chi connectivity index (χ0v) is 14.9. The summed E-state index contributed by atoms with van der Waals surface area (Å²) in [4.78, 5) is 40.4. The fraction of sp³-hybridized carbons (Fsp3) is 0.190. The molecule has 0 aromatic heterocycles. The van der Waals surface area contributed by atoms with Crippen molar-refractivity contribution in [3.8, 4) is 0 Å². The Morgan fingerprint density at radius 3 is 2.44 bits per heavy atom. The average molecular weight is 379 g/mol. The molecule has 134 valence electrons. The van der Waals surface area contributed by atoms with Crippen molar-refractivity contribution in [2.45, 2.75) is 12.1 Å². The van der Waals surface area contributed by atoms with E-state index in [1.54, 1.807) is 24.3 Å². The molecular formula is C21H15ClN2O3. The molecular weight excluding hydrogens is 364 g/mol. The van der Waals surface area contributed by atoms with E-state index < -0.39 is 17.9 Å². The van der Waals surface area contributed by atoms with Crippen LogP contribution in [-0.2, 0) is 9.59 Å². The molecule has 2 fully saturated rings. The summed E-state index contributed by atoms with van der Waals surface area (Å²) in [5, 5.41) is 2.95. The van der Waals surface area contributed by atoms with Crippen molar-refractivity contribution < 1.29 is 14.4 Å². The monoisotopic (exact) mass is 378 g/mol. The Labute approximate surface area is 160 Å². The van der Waals surface area contributed by atoms with Gasteiger partial charge in [-0.2, -0.15) is 0 Å². The molecule has 5 rings (SSSR count). The highest BCUT2D eigenvalue weighted by Crippen LogP contribution is 2.46. The van der Waals surface area contributed by atoms with E-state index in [1.807, 2.05) is 41.3 Å². The highest BCUT2D eigenvalue weighted by molar-refractivity contribution is 6.30. The summed E-state index contributed by atoms with van der Waals surface area (Å²) < 4.78 is 0. The molecule has 2 aromatic carbocycles. The molecule has 0 aliphatic carbocycles. The number of halogens is 1. The minimum absolute atomic E-state index is 0.181. The average Bonchev–Trinajstić information content (AvgIpc) is 3.17. The summed E-state index contributed by atoms with van der Waals surface area (Å²) in [5.41, 5.74) is 2.31. The van der Waals surface area contributed by atoms with Gasteiger partial charge in [0.1, 0.15) is 6.04 Å². The first-order valence-electron chi connectivity index (χ1n) is 8.76. The third-order valence-corrected chi connectivity index (χ3v) is 5.91. The summed E-state index contributed by atoms with van der Waals surface area (Å²) in [6.07, 6.45) is 3.88. The summed E-state index contributed by atoms with van der Waals surface area (Å²) in [6, 6.07) is 13.3. The molecule has 2 saturated heterocycles. The van der Waals surface area contributed by atoms with Crippen LogP contribution in [0, 0.1) is 11.8 Å². The van der Waals surface area contributed by atoms with Crippen LogP contribution in [0.5, 0.6) is 0 Å². The van der Waals surface area contributed by atoms with Gasteiger partial charge in [0, 0.05) is 16.3 Å². The zero-order valence-electron chi connectivity index (χ0n) is 14.1. The summed E-state index contributed by atoms with van der Waals surface area (Å²) in [6.45, 7) is 0. The standard InChI is InChI=1S/C21H15ClN2O3/c22-13-8-5-12(6-9-13)19(25)18-17-16(20(26)23-21(17)27)15-10-7-11-3-1-2-4-14(11)24(15)18/h1-10,15-18H,(H,23,26,27)/t15-,16-,17+,18-/m0/s1. The number of fused-ring (bicyclic) bond motifs is 5. The first-order chi connectivity index (χ1) is 13.1. The third kappa shape index (κ3) is 2.28. The Kier molecular flexibility index (Phi) is 3.49. The second-order valence-corrected chi connectivity index (χ2v) is 7.47. The van der Waals surface area contributed by atoms with Gasteiger partial charge in [-0.3, -0.25) is 19.7 Å². The van der Waals surface area contributed by atoms with Crippen LogP contribution in [0.1, 0.15) is 15.9 Å². The van der Waals surface area contributed by atoms with Gasteiger partial charge in [-0.15, -0.1) is 0 Å². The van der Waals surface area contributed by atoms with Crippen molar-refractivity contribution in [1.82, 2.24) is 5.32 Å². The van der Waals surface area contributed by atoms with Crippen LogP contribution in [0.25, 0.3) is 6.08 Å². The number of nitrogens with one attached hydrogen (secondary N) is 1. The quantitative estimate of drug-likeness (QED) is 0.644. The van der Waals surface area contributed by atoms with E-state index in [1.165, 1.54) is 0 Å². The minimum Gasteiger partial charge on any atom is -0.352 e. The number of anilines is 1. The number of carbonyl (C=O) groups is 3. The number of hydrogen-bond acceptors (Lipinski definition) is 4. The molecule has 0 bridgehead atoms. The van der Waals surface area contributed by atoms with E-state index in [0.717, 1.165) is 11.3 Å². The van der Waals surface area contributed by atoms with Crippen LogP contribution >= 0.6 is 11.6 Å². The second kappa shape index (κ2) is 5.79. The van der Waals surface area contributed by atoms with E-state index in [2.05, 4.69) is 5.32 Å². The van der Waals surface area contributed by atoms with Crippen LogP contribution in [0.15, 0.2) is 54.6 Å². The van der Waals surface area contributed by atoms with Gasteiger partial charge < -0.3 is 4.90 Å². The fourth-order valence-corrected chi connectivity index (χ4v) is 4.64. The number of benzene rings is 2. The Morgan fingerprint density at radius 1 is 0.963 bits per heavy atom. The fourth-order valence-electron chi connectivity index (χ4n) is 4.52. The Hall–Kier alpha value is -2.92. The molecule has 0 saturated carbocycles. The number of para-hydroxylation sites is 1. The van der Waals surface area contributed by atoms with Gasteiger partial charge in [0.2, 0.25) is 11.8 Å². The van der Waals surface area contributed by atoms with Gasteiger partial charge in [0.25, 0.3) is 0 Å². The molecule has 3 aliphatic rings.